The molecule has 0 fully saturated rings. The highest BCUT2D eigenvalue weighted by Crippen LogP contribution is 2.53. The van der Waals surface area contributed by atoms with Crippen molar-refractivity contribution in [2.24, 2.45) is 0 Å². The van der Waals surface area contributed by atoms with Crippen LogP contribution in [0.3, 0.4) is 0 Å². The molecule has 0 aliphatic carbocycles. The highest BCUT2D eigenvalue weighted by Gasteiger charge is 2.47. The van der Waals surface area contributed by atoms with Gasteiger partial charge in [0.05, 0.1) is 0 Å². The Morgan fingerprint density at radius 2 is 0.747 bits per heavy atom. The van der Waals surface area contributed by atoms with Crippen LogP contribution in [0.2, 0.25) is 0 Å². The summed E-state index contributed by atoms with van der Waals surface area (Å²) < 4.78 is 7.08. The van der Waals surface area contributed by atoms with Crippen LogP contribution in [0, 0.1) is 0 Å². The van der Waals surface area contributed by atoms with E-state index < -0.39 is 0 Å². The normalized spacial score (nSPS) is 12.3. The SMILES string of the molecule is c1ccc(-c2ccc(N(c3ccc(-c4ccccc4)cc3)c3ccc4c(c3)N(c3cccc(-c5ccccc5)c3)B3c5ccc(-c6ccccc6)cc5N(c5cccc(-c6ccccc6)c5)c5cc6oc7ccccc7c6c-4c53)cc2)cc1. The van der Waals surface area contributed by atoms with E-state index in [2.05, 4.69) is 330 Å². The molecule has 0 saturated heterocycles. The number of hydrogen-bond donors (Lipinski definition) is 0. The van der Waals surface area contributed by atoms with Crippen molar-refractivity contribution < 1.29 is 4.42 Å². The van der Waals surface area contributed by atoms with E-state index in [9.17, 15) is 0 Å². The van der Waals surface area contributed by atoms with Gasteiger partial charge in [-0.05, 0) is 145 Å². The van der Waals surface area contributed by atoms with Crippen LogP contribution in [0.5, 0.6) is 0 Å². The molecule has 0 radical (unpaired) electrons. The molecule has 14 aromatic rings. The summed E-state index contributed by atoms with van der Waals surface area (Å²) in [6, 6.07) is 115. The van der Waals surface area contributed by atoms with Gasteiger partial charge in [0.1, 0.15) is 11.2 Å². The second-order valence-corrected chi connectivity index (χ2v) is 21.6. The summed E-state index contributed by atoms with van der Waals surface area (Å²) in [6.45, 7) is -0.288. The van der Waals surface area contributed by atoms with Crippen LogP contribution >= 0.6 is 0 Å². The molecular formula is C78H52BN3O. The Hall–Kier alpha value is -10.9. The van der Waals surface area contributed by atoms with Gasteiger partial charge in [-0.25, -0.2) is 0 Å². The van der Waals surface area contributed by atoms with Crippen LogP contribution < -0.4 is 25.5 Å². The Morgan fingerprint density at radius 1 is 0.301 bits per heavy atom. The number of rotatable bonds is 10. The van der Waals surface area contributed by atoms with Gasteiger partial charge in [-0.2, -0.15) is 0 Å². The second kappa shape index (κ2) is 20.0. The van der Waals surface area contributed by atoms with Crippen molar-refractivity contribution >= 4 is 85.2 Å². The van der Waals surface area contributed by atoms with Crippen molar-refractivity contribution in [3.8, 4) is 66.8 Å². The van der Waals surface area contributed by atoms with Crippen LogP contribution in [0.4, 0.5) is 45.5 Å². The van der Waals surface area contributed by atoms with Crippen LogP contribution in [0.15, 0.2) is 320 Å². The molecule has 83 heavy (non-hydrogen) atoms. The number of para-hydroxylation sites is 1. The van der Waals surface area contributed by atoms with Gasteiger partial charge in [0, 0.05) is 67.9 Å². The van der Waals surface area contributed by atoms with E-state index >= 15 is 0 Å². The number of anilines is 8. The van der Waals surface area contributed by atoms with Crippen molar-refractivity contribution in [3.63, 3.8) is 0 Å². The molecule has 5 heteroatoms. The average molecular weight is 1060 g/mol. The Bertz CT molecular complexity index is 4640. The maximum atomic E-state index is 7.08. The zero-order chi connectivity index (χ0) is 54.8. The minimum atomic E-state index is -0.288. The van der Waals surface area contributed by atoms with E-state index in [1.807, 2.05) is 0 Å². The third-order valence-corrected chi connectivity index (χ3v) is 16.8. The zero-order valence-electron chi connectivity index (χ0n) is 45.3. The quantitative estimate of drug-likeness (QED) is 0.127. The number of hydrogen-bond acceptors (Lipinski definition) is 4. The molecule has 388 valence electrons. The maximum absolute atomic E-state index is 7.08. The number of fused-ring (bicyclic) bond motifs is 8. The predicted molar refractivity (Wildman–Crippen MR) is 349 cm³/mol. The van der Waals surface area contributed by atoms with Gasteiger partial charge in [-0.15, -0.1) is 0 Å². The first kappa shape index (κ1) is 48.1. The van der Waals surface area contributed by atoms with E-state index in [0.29, 0.717) is 0 Å². The summed E-state index contributed by atoms with van der Waals surface area (Å²) in [7, 11) is 0. The predicted octanol–water partition coefficient (Wildman–Crippen LogP) is 20.1. The van der Waals surface area contributed by atoms with E-state index in [-0.39, 0.29) is 6.85 Å². The van der Waals surface area contributed by atoms with Gasteiger partial charge in [0.15, 0.2) is 0 Å². The fourth-order valence-corrected chi connectivity index (χ4v) is 13.0. The molecule has 0 amide bonds. The van der Waals surface area contributed by atoms with Crippen LogP contribution in [-0.4, -0.2) is 6.85 Å². The molecule has 3 heterocycles. The maximum Gasteiger partial charge on any atom is 0.333 e. The molecule has 0 atom stereocenters. The molecule has 0 unspecified atom stereocenters. The number of furan rings is 1. The third kappa shape index (κ3) is 8.32. The molecule has 16 rings (SSSR count). The third-order valence-electron chi connectivity index (χ3n) is 16.8. The van der Waals surface area contributed by atoms with E-state index in [4.69, 9.17) is 4.42 Å². The standard InChI is InChI=1S/C78H52BN3O/c1-6-20-53(21-7-1)58-36-41-63(42-37-58)80(64-43-38-59(39-44-64)54-22-8-2-9-23-54)66-45-46-68-71(51-66)82(67-33-19-31-61(49-67)56-26-12-4-13-27-56)79-70-47-40-62(57-28-14-5-15-29-57)50-72(70)81(65-32-18-30-60(48-65)55-24-10-3-11-25-55)73-52-75-76(77(68)78(73)79)69-34-16-17-35-74(69)83-75/h1-52H. The molecule has 1 aromatic heterocycles. The molecule has 2 aliphatic heterocycles. The highest BCUT2D eigenvalue weighted by molar-refractivity contribution is 6.94. The summed E-state index contributed by atoms with van der Waals surface area (Å²) in [5.74, 6) is 0. The molecule has 13 aromatic carbocycles. The first-order valence-electron chi connectivity index (χ1n) is 28.5. The van der Waals surface area contributed by atoms with E-state index in [0.717, 1.165) is 101 Å². The van der Waals surface area contributed by atoms with Crippen LogP contribution in [-0.2, 0) is 0 Å². The summed E-state index contributed by atoms with van der Waals surface area (Å²) in [6.07, 6.45) is 0. The van der Waals surface area contributed by atoms with Gasteiger partial charge < -0.3 is 19.0 Å². The van der Waals surface area contributed by atoms with E-state index in [1.54, 1.807) is 0 Å². The first-order chi connectivity index (χ1) is 41.2. The number of benzene rings is 13. The molecule has 2 aliphatic rings. The van der Waals surface area contributed by atoms with Gasteiger partial charge in [0.2, 0.25) is 0 Å². The topological polar surface area (TPSA) is 22.9 Å². The fourth-order valence-electron chi connectivity index (χ4n) is 13.0. The summed E-state index contributed by atoms with van der Waals surface area (Å²) in [4.78, 5) is 7.56. The zero-order valence-corrected chi connectivity index (χ0v) is 45.3. The van der Waals surface area contributed by atoms with Crippen LogP contribution in [0.1, 0.15) is 0 Å². The molecule has 0 saturated carbocycles. The lowest BCUT2D eigenvalue weighted by Gasteiger charge is -2.46. The van der Waals surface area contributed by atoms with Gasteiger partial charge >= 0.3 is 6.85 Å². The Morgan fingerprint density at radius 3 is 1.31 bits per heavy atom. The van der Waals surface area contributed by atoms with Crippen molar-refractivity contribution in [1.82, 2.24) is 0 Å². The Kier molecular flexibility index (Phi) is 11.6. The number of nitrogens with zero attached hydrogens (tertiary/aromatic N) is 3. The lowest BCUT2D eigenvalue weighted by molar-refractivity contribution is 0.669. The van der Waals surface area contributed by atoms with Crippen molar-refractivity contribution in [2.45, 2.75) is 0 Å². The molecule has 0 spiro atoms. The minimum absolute atomic E-state index is 0.288. The van der Waals surface area contributed by atoms with Crippen LogP contribution in [0.25, 0.3) is 88.7 Å². The van der Waals surface area contributed by atoms with Gasteiger partial charge in [-0.1, -0.05) is 237 Å². The van der Waals surface area contributed by atoms with Gasteiger partial charge in [0.25, 0.3) is 0 Å². The summed E-state index contributed by atoms with van der Waals surface area (Å²) in [5.41, 5.74) is 26.7. The average Bonchev–Trinajstić information content (AvgIpc) is 2.68. The Labute approximate surface area is 483 Å². The molecular weight excluding hydrogens is 1010 g/mol. The van der Waals surface area contributed by atoms with Crippen molar-refractivity contribution in [1.29, 1.82) is 0 Å². The van der Waals surface area contributed by atoms with Crippen molar-refractivity contribution in [2.75, 3.05) is 14.6 Å². The first-order valence-corrected chi connectivity index (χ1v) is 28.5. The molecule has 4 nitrogen and oxygen atoms in total. The minimum Gasteiger partial charge on any atom is -0.456 e. The smallest absolute Gasteiger partial charge is 0.333 e. The lowest BCUT2D eigenvalue weighted by Crippen LogP contribution is -2.61. The summed E-state index contributed by atoms with van der Waals surface area (Å²) in [5, 5.41) is 2.21. The van der Waals surface area contributed by atoms with Crippen molar-refractivity contribution in [3.05, 3.63) is 315 Å². The Balaban J connectivity index is 0.990. The van der Waals surface area contributed by atoms with E-state index in [1.165, 1.54) is 44.3 Å². The molecule has 0 bridgehead atoms. The monoisotopic (exact) mass is 1060 g/mol. The second-order valence-electron chi connectivity index (χ2n) is 21.6. The molecule has 0 N–H and O–H groups in total. The largest absolute Gasteiger partial charge is 0.456 e. The summed E-state index contributed by atoms with van der Waals surface area (Å²) >= 11 is 0. The lowest BCUT2D eigenvalue weighted by atomic mass is 9.43. The van der Waals surface area contributed by atoms with Gasteiger partial charge in [-0.3, -0.25) is 0 Å². The fraction of sp³-hybridized carbons (Fsp3) is 0. The highest BCUT2D eigenvalue weighted by atomic mass is 16.3.